The van der Waals surface area contributed by atoms with Crippen molar-refractivity contribution in [3.8, 4) is 5.75 Å². The second-order valence-corrected chi connectivity index (χ2v) is 3.49. The van der Waals surface area contributed by atoms with Crippen molar-refractivity contribution in [2.24, 2.45) is 0 Å². The monoisotopic (exact) mass is 223 g/mol. The summed E-state index contributed by atoms with van der Waals surface area (Å²) in [5.41, 5.74) is 1.76. The smallest absolute Gasteiger partial charge is 0.325 e. The number of hydrogen-bond donors (Lipinski definition) is 2. The maximum Gasteiger partial charge on any atom is 0.325 e. The van der Waals surface area contributed by atoms with Crippen molar-refractivity contribution in [1.29, 1.82) is 0 Å². The molecule has 1 aromatic rings. The van der Waals surface area contributed by atoms with E-state index in [9.17, 15) is 4.79 Å². The van der Waals surface area contributed by atoms with E-state index in [0.29, 0.717) is 11.3 Å². The standard InChI is InChI=1S/C12H17NO3/c1-4-8-5-6-10(16-3)9(7-8)11(13-2)12(14)15/h5-7,11,13H,4H2,1-3H3,(H,14,15). The first kappa shape index (κ1) is 12.5. The van der Waals surface area contributed by atoms with Gasteiger partial charge in [-0.1, -0.05) is 13.0 Å². The minimum atomic E-state index is -0.908. The van der Waals surface area contributed by atoms with E-state index in [2.05, 4.69) is 5.32 Å². The van der Waals surface area contributed by atoms with E-state index in [1.165, 1.54) is 0 Å². The van der Waals surface area contributed by atoms with Gasteiger partial charge in [-0.2, -0.15) is 0 Å². The average molecular weight is 223 g/mol. The van der Waals surface area contributed by atoms with Crippen molar-refractivity contribution >= 4 is 5.97 Å². The van der Waals surface area contributed by atoms with Gasteiger partial charge < -0.3 is 15.2 Å². The van der Waals surface area contributed by atoms with E-state index in [1.807, 2.05) is 19.1 Å². The highest BCUT2D eigenvalue weighted by Gasteiger charge is 2.21. The molecule has 4 nitrogen and oxygen atoms in total. The van der Waals surface area contributed by atoms with Gasteiger partial charge in [0.05, 0.1) is 7.11 Å². The molecule has 0 aromatic heterocycles. The fraction of sp³-hybridized carbons (Fsp3) is 0.417. The van der Waals surface area contributed by atoms with Crippen molar-refractivity contribution in [2.75, 3.05) is 14.2 Å². The zero-order chi connectivity index (χ0) is 12.1. The summed E-state index contributed by atoms with van der Waals surface area (Å²) < 4.78 is 5.17. The van der Waals surface area contributed by atoms with E-state index in [0.717, 1.165) is 12.0 Å². The van der Waals surface area contributed by atoms with Gasteiger partial charge in [-0.25, -0.2) is 0 Å². The van der Waals surface area contributed by atoms with E-state index < -0.39 is 12.0 Å². The van der Waals surface area contributed by atoms with Crippen LogP contribution in [0.15, 0.2) is 18.2 Å². The number of ether oxygens (including phenoxy) is 1. The molecule has 4 heteroatoms. The number of aliphatic carboxylic acids is 1. The van der Waals surface area contributed by atoms with Gasteiger partial charge >= 0.3 is 5.97 Å². The van der Waals surface area contributed by atoms with Crippen molar-refractivity contribution < 1.29 is 14.6 Å². The summed E-state index contributed by atoms with van der Waals surface area (Å²) >= 11 is 0. The number of likely N-dealkylation sites (N-methyl/N-ethyl adjacent to an activating group) is 1. The topological polar surface area (TPSA) is 58.6 Å². The second kappa shape index (κ2) is 5.51. The Morgan fingerprint density at radius 1 is 1.56 bits per heavy atom. The molecule has 0 fully saturated rings. The van der Waals surface area contributed by atoms with Gasteiger partial charge in [0, 0.05) is 5.56 Å². The Labute approximate surface area is 95.2 Å². The van der Waals surface area contributed by atoms with Crippen LogP contribution in [0.5, 0.6) is 5.75 Å². The highest BCUT2D eigenvalue weighted by molar-refractivity contribution is 5.76. The first-order valence-electron chi connectivity index (χ1n) is 5.20. The molecular formula is C12H17NO3. The molecule has 0 heterocycles. The number of carbonyl (C=O) groups is 1. The Balaban J connectivity index is 3.21. The zero-order valence-corrected chi connectivity index (χ0v) is 9.78. The molecular weight excluding hydrogens is 206 g/mol. The molecule has 0 amide bonds. The van der Waals surface area contributed by atoms with Crippen LogP contribution in [0.4, 0.5) is 0 Å². The molecule has 0 saturated heterocycles. The predicted octanol–water partition coefficient (Wildman–Crippen LogP) is 1.60. The lowest BCUT2D eigenvalue weighted by Crippen LogP contribution is -2.25. The molecule has 0 aliphatic carbocycles. The van der Waals surface area contributed by atoms with Crippen LogP contribution in [0.3, 0.4) is 0 Å². The Kier molecular flexibility index (Phi) is 4.31. The van der Waals surface area contributed by atoms with Crippen LogP contribution in [-0.4, -0.2) is 25.2 Å². The summed E-state index contributed by atoms with van der Waals surface area (Å²) in [6, 6.07) is 4.88. The third-order valence-corrected chi connectivity index (χ3v) is 2.55. The molecule has 1 rings (SSSR count). The lowest BCUT2D eigenvalue weighted by atomic mass is 10.0. The summed E-state index contributed by atoms with van der Waals surface area (Å²) in [6.45, 7) is 2.03. The van der Waals surface area contributed by atoms with E-state index in [-0.39, 0.29) is 0 Å². The van der Waals surface area contributed by atoms with Gasteiger partial charge in [0.15, 0.2) is 0 Å². The first-order valence-corrected chi connectivity index (χ1v) is 5.20. The molecule has 0 aliphatic rings. The molecule has 1 atom stereocenters. The fourth-order valence-corrected chi connectivity index (χ4v) is 1.64. The van der Waals surface area contributed by atoms with E-state index >= 15 is 0 Å². The number of methoxy groups -OCH3 is 1. The van der Waals surface area contributed by atoms with Crippen LogP contribution in [0.25, 0.3) is 0 Å². The van der Waals surface area contributed by atoms with Gasteiger partial charge in [-0.05, 0) is 31.2 Å². The lowest BCUT2D eigenvalue weighted by molar-refractivity contribution is -0.139. The van der Waals surface area contributed by atoms with Crippen molar-refractivity contribution in [2.45, 2.75) is 19.4 Å². The van der Waals surface area contributed by atoms with Crippen LogP contribution in [-0.2, 0) is 11.2 Å². The van der Waals surface area contributed by atoms with Gasteiger partial charge in [0.2, 0.25) is 0 Å². The third kappa shape index (κ3) is 2.52. The van der Waals surface area contributed by atoms with Crippen molar-refractivity contribution in [1.82, 2.24) is 5.32 Å². The van der Waals surface area contributed by atoms with Gasteiger partial charge in [0.1, 0.15) is 11.8 Å². The lowest BCUT2D eigenvalue weighted by Gasteiger charge is -2.16. The normalized spacial score (nSPS) is 12.2. The van der Waals surface area contributed by atoms with Crippen LogP contribution in [0, 0.1) is 0 Å². The molecule has 0 bridgehead atoms. The predicted molar refractivity (Wildman–Crippen MR) is 61.8 cm³/mol. The number of aryl methyl sites for hydroxylation is 1. The summed E-state index contributed by atoms with van der Waals surface area (Å²) in [6.07, 6.45) is 0.868. The number of carboxylic acids is 1. The highest BCUT2D eigenvalue weighted by Crippen LogP contribution is 2.26. The van der Waals surface area contributed by atoms with Gasteiger partial charge in [-0.3, -0.25) is 4.79 Å². The van der Waals surface area contributed by atoms with Crippen molar-refractivity contribution in [3.63, 3.8) is 0 Å². The summed E-state index contributed by atoms with van der Waals surface area (Å²) in [5, 5.41) is 11.9. The van der Waals surface area contributed by atoms with Crippen molar-refractivity contribution in [3.05, 3.63) is 29.3 Å². The van der Waals surface area contributed by atoms with Gasteiger partial charge in [0.25, 0.3) is 0 Å². The zero-order valence-electron chi connectivity index (χ0n) is 9.78. The Hall–Kier alpha value is -1.55. The first-order chi connectivity index (χ1) is 7.63. The fourth-order valence-electron chi connectivity index (χ4n) is 1.64. The molecule has 0 radical (unpaired) electrons. The SMILES string of the molecule is CCc1ccc(OC)c(C(NC)C(=O)O)c1. The van der Waals surface area contributed by atoms with Crippen LogP contribution >= 0.6 is 0 Å². The van der Waals surface area contributed by atoms with E-state index in [4.69, 9.17) is 9.84 Å². The number of rotatable bonds is 5. The summed E-state index contributed by atoms with van der Waals surface area (Å²) in [7, 11) is 3.16. The third-order valence-electron chi connectivity index (χ3n) is 2.55. The molecule has 1 unspecified atom stereocenters. The van der Waals surface area contributed by atoms with Gasteiger partial charge in [-0.15, -0.1) is 0 Å². The Bertz CT molecular complexity index is 377. The second-order valence-electron chi connectivity index (χ2n) is 3.49. The molecule has 2 N–H and O–H groups in total. The average Bonchev–Trinajstić information content (AvgIpc) is 2.29. The van der Waals surface area contributed by atoms with Crippen LogP contribution in [0.1, 0.15) is 24.1 Å². The molecule has 0 spiro atoms. The minimum absolute atomic E-state index is 0.596. The number of hydrogen-bond acceptors (Lipinski definition) is 3. The molecule has 88 valence electrons. The number of carboxylic acid groups (broad SMARTS) is 1. The highest BCUT2D eigenvalue weighted by atomic mass is 16.5. The Morgan fingerprint density at radius 3 is 2.69 bits per heavy atom. The molecule has 0 saturated carbocycles. The molecule has 0 aliphatic heterocycles. The van der Waals surface area contributed by atoms with Crippen LogP contribution < -0.4 is 10.1 Å². The van der Waals surface area contributed by atoms with Crippen LogP contribution in [0.2, 0.25) is 0 Å². The molecule has 1 aromatic carbocycles. The van der Waals surface area contributed by atoms with E-state index in [1.54, 1.807) is 20.2 Å². The minimum Gasteiger partial charge on any atom is -0.496 e. The maximum absolute atomic E-state index is 11.1. The quantitative estimate of drug-likeness (QED) is 0.796. The number of benzene rings is 1. The summed E-state index contributed by atoms with van der Waals surface area (Å²) in [4.78, 5) is 11.1. The molecule has 16 heavy (non-hydrogen) atoms. The summed E-state index contributed by atoms with van der Waals surface area (Å²) in [5.74, 6) is -0.312. The largest absolute Gasteiger partial charge is 0.496 e. The number of nitrogens with one attached hydrogen (secondary N) is 1. The Morgan fingerprint density at radius 2 is 2.25 bits per heavy atom. The maximum atomic E-state index is 11.1.